The van der Waals surface area contributed by atoms with E-state index in [1.54, 1.807) is 6.07 Å². The van der Waals surface area contributed by atoms with Gasteiger partial charge in [0.1, 0.15) is 28.7 Å². The third kappa shape index (κ3) is 2.98. The van der Waals surface area contributed by atoms with Crippen molar-refractivity contribution < 1.29 is 44.3 Å². The summed E-state index contributed by atoms with van der Waals surface area (Å²) in [4.78, 5) is 38.1. The molecule has 0 aromatic heterocycles. The van der Waals surface area contributed by atoms with Crippen molar-refractivity contribution in [3.8, 4) is 5.75 Å². The Bertz CT molecular complexity index is 1470. The van der Waals surface area contributed by atoms with Gasteiger partial charge >= 0.3 is 0 Å². The molecule has 0 unspecified atom stereocenters. The average Bonchev–Trinajstić information content (AvgIpc) is 2.82. The van der Waals surface area contributed by atoms with Gasteiger partial charge in [0.05, 0.1) is 17.2 Å². The molecule has 0 aliphatic heterocycles. The molecule has 2 aromatic rings. The molecule has 0 heterocycles. The van der Waals surface area contributed by atoms with Gasteiger partial charge in [-0.2, -0.15) is 0 Å². The highest BCUT2D eigenvalue weighted by Gasteiger charge is 2.64. The lowest BCUT2D eigenvalue weighted by Gasteiger charge is -2.49. The lowest BCUT2D eigenvalue weighted by molar-refractivity contribution is -0.157. The van der Waals surface area contributed by atoms with E-state index in [0.29, 0.717) is 0 Å². The molecule has 3 aliphatic carbocycles. The summed E-state index contributed by atoms with van der Waals surface area (Å²) in [5.74, 6) is -9.81. The van der Waals surface area contributed by atoms with E-state index in [2.05, 4.69) is 0 Å². The molecule has 5 rings (SSSR count). The zero-order valence-corrected chi connectivity index (χ0v) is 18.5. The Morgan fingerprint density at radius 2 is 1.78 bits per heavy atom. The fourth-order valence-corrected chi connectivity index (χ4v) is 5.45. The Labute approximate surface area is 202 Å². The third-order valence-corrected chi connectivity index (χ3v) is 7.12. The molecule has 2 aromatic carbocycles. The molecule has 184 valence electrons. The second kappa shape index (κ2) is 7.87. The molecule has 4 atom stereocenters. The van der Waals surface area contributed by atoms with Gasteiger partial charge in [0, 0.05) is 23.8 Å². The van der Waals surface area contributed by atoms with Crippen molar-refractivity contribution in [2.45, 2.75) is 18.1 Å². The van der Waals surface area contributed by atoms with E-state index in [-0.39, 0.29) is 22.3 Å². The fourth-order valence-electron chi connectivity index (χ4n) is 5.45. The van der Waals surface area contributed by atoms with Crippen LogP contribution in [0.5, 0.6) is 5.75 Å². The van der Waals surface area contributed by atoms with E-state index in [9.17, 15) is 44.3 Å². The van der Waals surface area contributed by atoms with Crippen LogP contribution in [-0.2, 0) is 14.4 Å². The van der Waals surface area contributed by atoms with Crippen LogP contribution in [0.3, 0.4) is 0 Å². The van der Waals surface area contributed by atoms with Crippen molar-refractivity contribution in [3.05, 3.63) is 81.9 Å². The van der Waals surface area contributed by atoms with Gasteiger partial charge in [0.25, 0.3) is 5.91 Å². The quantitative estimate of drug-likeness (QED) is 0.341. The number of aliphatic hydroxyl groups is 4. The molecule has 0 spiro atoms. The number of nitrogens with two attached hydrogens (primary N) is 1. The smallest absolute Gasteiger partial charge is 0.255 e. The first-order valence-corrected chi connectivity index (χ1v) is 10.9. The number of ketones is 2. The van der Waals surface area contributed by atoms with Crippen LogP contribution in [0.15, 0.2) is 59.4 Å². The molecule has 0 saturated heterocycles. The maximum absolute atomic E-state index is 14.6. The third-order valence-electron chi connectivity index (χ3n) is 7.12. The summed E-state index contributed by atoms with van der Waals surface area (Å²) < 4.78 is 14.6. The van der Waals surface area contributed by atoms with Gasteiger partial charge < -0.3 is 31.3 Å². The van der Waals surface area contributed by atoms with Crippen LogP contribution in [-0.4, -0.2) is 54.7 Å². The van der Waals surface area contributed by atoms with Crippen molar-refractivity contribution in [3.63, 3.8) is 0 Å². The van der Waals surface area contributed by atoms with Gasteiger partial charge in [-0.15, -0.1) is 0 Å². The number of Topliss-reactive ketones (excluding diaryl/α,β-unsaturated/α-hetero) is 2. The molecule has 1 fully saturated rings. The summed E-state index contributed by atoms with van der Waals surface area (Å²) in [6, 6.07) is 9.84. The van der Waals surface area contributed by atoms with Crippen LogP contribution >= 0.6 is 0 Å². The molecule has 0 radical (unpaired) electrons. The topological polar surface area (TPSA) is 178 Å². The highest BCUT2D eigenvalue weighted by atomic mass is 19.1. The zero-order chi connectivity index (χ0) is 26.1. The van der Waals surface area contributed by atoms with Crippen LogP contribution < -0.4 is 5.73 Å². The van der Waals surface area contributed by atoms with Crippen LogP contribution in [0.25, 0.3) is 17.4 Å². The van der Waals surface area contributed by atoms with Crippen molar-refractivity contribution in [2.75, 3.05) is 0 Å². The number of hydrogen-bond donors (Lipinski definition) is 6. The van der Waals surface area contributed by atoms with Crippen molar-refractivity contribution in [1.29, 1.82) is 0 Å². The van der Waals surface area contributed by atoms with Gasteiger partial charge in [-0.1, -0.05) is 30.3 Å². The Balaban J connectivity index is 1.83. The Kier molecular flexibility index (Phi) is 5.13. The largest absolute Gasteiger partial charge is 0.508 e. The Morgan fingerprint density at radius 1 is 1.08 bits per heavy atom. The Hall–Kier alpha value is -4.28. The summed E-state index contributed by atoms with van der Waals surface area (Å²) in [6.45, 7) is 0. The van der Waals surface area contributed by atoms with E-state index in [0.717, 1.165) is 0 Å². The first-order valence-electron chi connectivity index (χ1n) is 10.9. The highest BCUT2D eigenvalue weighted by molar-refractivity contribution is 6.23. The van der Waals surface area contributed by atoms with Crippen molar-refractivity contribution in [1.82, 2.24) is 0 Å². The summed E-state index contributed by atoms with van der Waals surface area (Å²) >= 11 is 0. The number of carbonyl (C=O) groups excluding carboxylic acids is 3. The molecular weight excluding hydrogens is 473 g/mol. The molecule has 7 N–H and O–H groups in total. The molecule has 1 saturated carbocycles. The van der Waals surface area contributed by atoms with Crippen LogP contribution in [0.2, 0.25) is 0 Å². The number of amides is 1. The molecule has 9 nitrogen and oxygen atoms in total. The van der Waals surface area contributed by atoms with E-state index in [4.69, 9.17) is 5.73 Å². The number of rotatable bonds is 2. The number of aliphatic hydroxyl groups excluding tert-OH is 3. The first kappa shape index (κ1) is 23.5. The number of aromatic hydroxyl groups is 1. The first-order chi connectivity index (χ1) is 17.0. The van der Waals surface area contributed by atoms with Gasteiger partial charge in [0.2, 0.25) is 5.78 Å². The second-order valence-corrected chi connectivity index (χ2v) is 8.97. The minimum absolute atomic E-state index is 0.0708. The van der Waals surface area contributed by atoms with E-state index in [1.807, 2.05) is 0 Å². The maximum atomic E-state index is 14.6. The van der Waals surface area contributed by atoms with Crippen molar-refractivity contribution in [2.24, 2.45) is 17.6 Å². The lowest BCUT2D eigenvalue weighted by atomic mass is 9.56. The SMILES string of the molecule is NC(=O)C1=C(O)[C@@]2(O)C(=O)C3=C(O)c4c(O)cccc4/C(=C\c4ccccc4F)[C@H]3[C@H](O)[C@H]2CC1=O. The Morgan fingerprint density at radius 3 is 2.44 bits per heavy atom. The number of halogens is 1. The number of benzene rings is 2. The number of hydrogen-bond acceptors (Lipinski definition) is 8. The minimum Gasteiger partial charge on any atom is -0.508 e. The highest BCUT2D eigenvalue weighted by Crippen LogP contribution is 2.55. The number of phenols is 1. The average molecular weight is 493 g/mol. The summed E-state index contributed by atoms with van der Waals surface area (Å²) in [6.07, 6.45) is -1.14. The molecule has 36 heavy (non-hydrogen) atoms. The zero-order valence-electron chi connectivity index (χ0n) is 18.5. The number of phenolic OH excluding ortho intramolecular Hbond substituents is 1. The lowest BCUT2D eigenvalue weighted by Crippen LogP contribution is -2.63. The monoisotopic (exact) mass is 493 g/mol. The second-order valence-electron chi connectivity index (χ2n) is 8.97. The van der Waals surface area contributed by atoms with E-state index < -0.39 is 81.7 Å². The van der Waals surface area contributed by atoms with Gasteiger partial charge in [-0.25, -0.2) is 4.39 Å². The minimum atomic E-state index is -2.96. The van der Waals surface area contributed by atoms with Crippen LogP contribution in [0.1, 0.15) is 23.1 Å². The molecule has 1 amide bonds. The van der Waals surface area contributed by atoms with E-state index >= 15 is 0 Å². The molecule has 10 heteroatoms. The molecular formula is C26H20FNO8. The summed E-state index contributed by atoms with van der Waals surface area (Å²) in [5.41, 5.74) is 0.824. The molecule has 0 bridgehead atoms. The van der Waals surface area contributed by atoms with Gasteiger partial charge in [0.15, 0.2) is 11.4 Å². The number of fused-ring (bicyclic) bond motifs is 3. The maximum Gasteiger partial charge on any atom is 0.255 e. The van der Waals surface area contributed by atoms with Crippen LogP contribution in [0.4, 0.5) is 4.39 Å². The predicted molar refractivity (Wildman–Crippen MR) is 123 cm³/mol. The normalized spacial score (nSPS) is 28.6. The standard InChI is InChI=1S/C26H20FNO8/c27-14-6-2-1-4-10(14)8-12-11-5-3-7-15(29)17(11)22(32)20-18(12)21(31)13-9-16(30)19(25(28)35)23(33)26(13,36)24(20)34/h1-8,13,18,21,29,31-33,36H,9H2,(H2,28,35)/b12-8+/t13-,18-,21-,26-/m1/s1. The van der Waals surface area contributed by atoms with E-state index in [1.165, 1.54) is 42.5 Å². The van der Waals surface area contributed by atoms with Gasteiger partial charge in [-0.3, -0.25) is 14.4 Å². The predicted octanol–water partition coefficient (Wildman–Crippen LogP) is 1.53. The number of carbonyl (C=O) groups is 3. The molecule has 3 aliphatic rings. The van der Waals surface area contributed by atoms with Crippen molar-refractivity contribution >= 4 is 34.9 Å². The van der Waals surface area contributed by atoms with Crippen LogP contribution in [0, 0.1) is 17.7 Å². The summed E-state index contributed by atoms with van der Waals surface area (Å²) in [7, 11) is 0. The van der Waals surface area contributed by atoms with Gasteiger partial charge in [-0.05, 0) is 29.3 Å². The fraction of sp³-hybridized carbons (Fsp3) is 0.192. The number of primary amides is 1. The summed E-state index contributed by atoms with van der Waals surface area (Å²) in [5, 5.41) is 55.1.